The molecule has 2 aromatic rings. The number of amides is 3. The normalized spacial score (nSPS) is 25.7. The van der Waals surface area contributed by atoms with Gasteiger partial charge in [0.05, 0.1) is 17.0 Å². The fourth-order valence-corrected chi connectivity index (χ4v) is 8.47. The molecule has 0 spiro atoms. The predicted molar refractivity (Wildman–Crippen MR) is 153 cm³/mol. The van der Waals surface area contributed by atoms with Crippen LogP contribution in [0.15, 0.2) is 35.1 Å². The van der Waals surface area contributed by atoms with E-state index in [0.717, 1.165) is 36.6 Å². The van der Waals surface area contributed by atoms with E-state index in [-0.39, 0.29) is 59.1 Å². The van der Waals surface area contributed by atoms with Crippen LogP contribution in [-0.2, 0) is 9.84 Å². The lowest BCUT2D eigenvalue weighted by atomic mass is 9.97. The van der Waals surface area contributed by atoms with Gasteiger partial charge < -0.3 is 24.8 Å². The summed E-state index contributed by atoms with van der Waals surface area (Å²) >= 11 is 0. The Morgan fingerprint density at radius 3 is 2.45 bits per heavy atom. The number of hydrogen-bond acceptors (Lipinski definition) is 7. The zero-order chi connectivity index (χ0) is 28.6. The highest BCUT2D eigenvalue weighted by molar-refractivity contribution is 7.91. The highest BCUT2D eigenvalue weighted by Gasteiger charge is 2.42. The molecule has 3 aliphatic heterocycles. The number of benzene rings is 1. The third kappa shape index (κ3) is 5.83. The minimum atomic E-state index is -3.10. The van der Waals surface area contributed by atoms with Crippen molar-refractivity contribution in [3.05, 3.63) is 40.7 Å². The molecule has 3 saturated heterocycles. The maximum absolute atomic E-state index is 13.1. The lowest BCUT2D eigenvalue weighted by Crippen LogP contribution is -2.54. The fraction of sp³-hybridized carbons (Fsp3) is 0.607. The number of nitrogens with zero attached hydrogens (tertiary/aromatic N) is 3. The second kappa shape index (κ2) is 11.4. The number of aromatic nitrogens is 1. The molecule has 4 atom stereocenters. The van der Waals surface area contributed by atoms with Crippen LogP contribution in [-0.4, -0.2) is 90.7 Å². The molecule has 11 nitrogen and oxygen atoms in total. The lowest BCUT2D eigenvalue weighted by molar-refractivity contribution is 0.0971. The molecule has 2 bridgehead atoms. The van der Waals surface area contributed by atoms with E-state index < -0.39 is 15.9 Å². The van der Waals surface area contributed by atoms with E-state index in [0.29, 0.717) is 19.5 Å². The van der Waals surface area contributed by atoms with Crippen LogP contribution in [0.1, 0.15) is 52.0 Å². The van der Waals surface area contributed by atoms with Gasteiger partial charge in [-0.15, -0.1) is 0 Å². The Bertz CT molecular complexity index is 1430. The molecule has 3 amide bonds. The largest absolute Gasteiger partial charge is 0.413 e. The van der Waals surface area contributed by atoms with Crippen molar-refractivity contribution in [2.75, 3.05) is 31.6 Å². The highest BCUT2D eigenvalue weighted by atomic mass is 32.2. The highest BCUT2D eigenvalue weighted by Crippen LogP contribution is 2.36. The van der Waals surface area contributed by atoms with Crippen LogP contribution in [0.3, 0.4) is 0 Å². The van der Waals surface area contributed by atoms with Crippen LogP contribution in [0.5, 0.6) is 5.75 Å². The van der Waals surface area contributed by atoms with Crippen LogP contribution in [0.2, 0.25) is 0 Å². The average molecular weight is 574 g/mol. The molecule has 40 heavy (non-hydrogen) atoms. The first kappa shape index (κ1) is 28.4. The first-order valence-electron chi connectivity index (χ1n) is 14.1. The topological polar surface area (TPSA) is 130 Å². The number of pyridine rings is 1. The summed E-state index contributed by atoms with van der Waals surface area (Å²) in [7, 11) is -1.54. The number of urea groups is 1. The third-order valence-corrected chi connectivity index (χ3v) is 10.3. The number of carbonyl (C=O) groups is 2. The van der Waals surface area contributed by atoms with Crippen molar-refractivity contribution < 1.29 is 22.7 Å². The van der Waals surface area contributed by atoms with E-state index in [9.17, 15) is 22.8 Å². The first-order valence-corrected chi connectivity index (χ1v) is 16.0. The van der Waals surface area contributed by atoms with Crippen molar-refractivity contribution in [1.29, 1.82) is 0 Å². The minimum absolute atomic E-state index is 0.00790. The van der Waals surface area contributed by atoms with Crippen LogP contribution in [0, 0.1) is 0 Å². The smallest absolute Gasteiger partial charge is 0.404 e. The summed E-state index contributed by atoms with van der Waals surface area (Å²) < 4.78 is 31.2. The van der Waals surface area contributed by atoms with Crippen LogP contribution in [0.4, 0.5) is 9.59 Å². The van der Waals surface area contributed by atoms with Gasteiger partial charge in [-0.25, -0.2) is 18.0 Å². The number of nitrogens with one attached hydrogen (secondary N) is 2. The van der Waals surface area contributed by atoms with Gasteiger partial charge in [0.2, 0.25) is 0 Å². The van der Waals surface area contributed by atoms with Gasteiger partial charge in [-0.3, -0.25) is 9.69 Å². The quantitative estimate of drug-likeness (QED) is 0.521. The molecule has 4 heterocycles. The van der Waals surface area contributed by atoms with Crippen molar-refractivity contribution in [1.82, 2.24) is 25.0 Å². The van der Waals surface area contributed by atoms with Gasteiger partial charge in [0.25, 0.3) is 5.56 Å². The van der Waals surface area contributed by atoms with Gasteiger partial charge in [0.15, 0.2) is 15.6 Å². The van der Waals surface area contributed by atoms with E-state index in [1.54, 1.807) is 22.6 Å². The summed E-state index contributed by atoms with van der Waals surface area (Å²) in [5, 5.41) is 6.46. The van der Waals surface area contributed by atoms with Crippen molar-refractivity contribution >= 4 is 32.9 Å². The summed E-state index contributed by atoms with van der Waals surface area (Å²) in [6.07, 6.45) is 3.33. The van der Waals surface area contributed by atoms with Crippen molar-refractivity contribution in [3.8, 4) is 5.75 Å². The van der Waals surface area contributed by atoms with Crippen LogP contribution in [0.25, 0.3) is 10.9 Å². The van der Waals surface area contributed by atoms with Crippen molar-refractivity contribution in [3.63, 3.8) is 0 Å². The zero-order valence-corrected chi connectivity index (χ0v) is 24.2. The number of fused-ring (bicyclic) bond motifs is 3. The standard InChI is InChI=1S/C28H39N5O6S/c1-18(2)33-24-7-5-4-6-19(24)14-25(26(33)34)39-28(36)30-20-15-21-8-9-22(16-20)31(21)11-12-32(27(35)29-3)23-10-13-40(37,38)17-23/h4-7,14,18,20-23H,8-13,15-17H2,1-3H3,(H,29,35)(H,30,36)/t20?,21-,22+,23?. The van der Waals surface area contributed by atoms with Crippen LogP contribution >= 0.6 is 0 Å². The monoisotopic (exact) mass is 573 g/mol. The Labute approximate surface area is 234 Å². The summed E-state index contributed by atoms with van der Waals surface area (Å²) in [5.41, 5.74) is 0.457. The molecule has 3 fully saturated rings. The molecular weight excluding hydrogens is 534 g/mol. The fourth-order valence-electron chi connectivity index (χ4n) is 6.74. The molecular formula is C28H39N5O6S. The number of sulfone groups is 1. The molecule has 1 aromatic heterocycles. The molecule has 3 aliphatic rings. The molecule has 5 rings (SSSR count). The second-order valence-corrected chi connectivity index (χ2v) is 13.7. The van der Waals surface area contributed by atoms with E-state index in [1.807, 2.05) is 38.1 Å². The van der Waals surface area contributed by atoms with Crippen molar-refractivity contribution in [2.45, 2.75) is 76.2 Å². The number of carbonyl (C=O) groups excluding carboxylic acids is 2. The molecule has 1 aromatic carbocycles. The molecule has 12 heteroatoms. The van der Waals surface area contributed by atoms with Gasteiger partial charge in [-0.1, -0.05) is 18.2 Å². The third-order valence-electron chi connectivity index (χ3n) is 8.56. The number of ether oxygens (including phenoxy) is 1. The maximum Gasteiger partial charge on any atom is 0.413 e. The molecule has 0 aliphatic carbocycles. The van der Waals surface area contributed by atoms with E-state index in [4.69, 9.17) is 4.74 Å². The maximum atomic E-state index is 13.1. The Hall–Kier alpha value is -3.12. The first-order chi connectivity index (χ1) is 19.1. The van der Waals surface area contributed by atoms with Crippen molar-refractivity contribution in [2.24, 2.45) is 0 Å². The van der Waals surface area contributed by atoms with Crippen LogP contribution < -0.4 is 20.9 Å². The number of hydrogen-bond donors (Lipinski definition) is 2. The molecule has 0 saturated carbocycles. The molecule has 2 N–H and O–H groups in total. The lowest BCUT2D eigenvalue weighted by Gasteiger charge is -2.40. The van der Waals surface area contributed by atoms with E-state index in [1.165, 1.54) is 0 Å². The van der Waals surface area contributed by atoms with E-state index >= 15 is 0 Å². The molecule has 218 valence electrons. The number of para-hydroxylation sites is 1. The molecule has 2 unspecified atom stereocenters. The number of piperidine rings is 1. The van der Waals surface area contributed by atoms with Gasteiger partial charge >= 0.3 is 12.1 Å². The summed E-state index contributed by atoms with van der Waals surface area (Å²) in [4.78, 5) is 42.6. The average Bonchev–Trinajstić information content (AvgIpc) is 3.38. The Morgan fingerprint density at radius 1 is 1.12 bits per heavy atom. The number of rotatable bonds is 7. The zero-order valence-electron chi connectivity index (χ0n) is 23.3. The summed E-state index contributed by atoms with van der Waals surface area (Å²) in [5.74, 6) is 0.142. The van der Waals surface area contributed by atoms with Gasteiger partial charge in [-0.05, 0) is 58.1 Å². The SMILES string of the molecule is CNC(=O)N(CCN1[C@@H]2CC[C@H]1CC(NC(=O)Oc1cc3ccccc3n(C(C)C)c1=O)C2)C1CCS(=O)(=O)C1. The van der Waals surface area contributed by atoms with Gasteiger partial charge in [-0.2, -0.15) is 0 Å². The Balaban J connectivity index is 1.20. The van der Waals surface area contributed by atoms with Gasteiger partial charge in [0, 0.05) is 55.7 Å². The van der Waals surface area contributed by atoms with Gasteiger partial charge in [0.1, 0.15) is 0 Å². The Kier molecular flexibility index (Phi) is 8.10. The Morgan fingerprint density at radius 2 is 1.82 bits per heavy atom. The predicted octanol–water partition coefficient (Wildman–Crippen LogP) is 2.49. The second-order valence-electron chi connectivity index (χ2n) is 11.5. The minimum Gasteiger partial charge on any atom is -0.404 e. The summed E-state index contributed by atoms with van der Waals surface area (Å²) in [6.45, 7) is 4.95. The van der Waals surface area contributed by atoms with E-state index in [2.05, 4.69) is 15.5 Å². The molecule has 0 radical (unpaired) electrons. The summed E-state index contributed by atoms with van der Waals surface area (Å²) in [6, 6.07) is 8.94.